The van der Waals surface area contributed by atoms with E-state index < -0.39 is 0 Å². The molecule has 2 aromatic rings. The molecule has 0 spiro atoms. The predicted octanol–water partition coefficient (Wildman–Crippen LogP) is 2.49. The van der Waals surface area contributed by atoms with Crippen LogP contribution in [0, 0.1) is 6.92 Å². The first-order valence-electron chi connectivity index (χ1n) is 8.32. The molecule has 0 aliphatic heterocycles. The lowest BCUT2D eigenvalue weighted by Crippen LogP contribution is -2.36. The lowest BCUT2D eigenvalue weighted by atomic mass is 9.95. The number of thioether (sulfide) groups is 1. The van der Waals surface area contributed by atoms with E-state index in [4.69, 9.17) is 10.3 Å². The number of carbonyl (C=O) groups excluding carboxylic acids is 1. The van der Waals surface area contributed by atoms with Gasteiger partial charge < -0.3 is 15.6 Å². The molecule has 8 heteroatoms. The normalized spacial score (nSPS) is 15.5. The number of carbonyl (C=O) groups is 1. The third-order valence-electron chi connectivity index (χ3n) is 4.29. The third-order valence-corrected chi connectivity index (χ3v) is 5.24. The monoisotopic (exact) mass is 349 g/mol. The maximum absolute atomic E-state index is 12.0. The molecule has 1 saturated carbocycles. The number of furan rings is 1. The molecule has 2 aromatic heterocycles. The number of aromatic nitrogens is 3. The largest absolute Gasteiger partial charge is 0.469 e. The summed E-state index contributed by atoms with van der Waals surface area (Å²) in [4.78, 5) is 12.0. The summed E-state index contributed by atoms with van der Waals surface area (Å²) in [6, 6.07) is 2.17. The number of aryl methyl sites for hydroxylation is 1. The van der Waals surface area contributed by atoms with Gasteiger partial charge in [-0.3, -0.25) is 4.79 Å². The van der Waals surface area contributed by atoms with Crippen LogP contribution in [0.3, 0.4) is 0 Å². The highest BCUT2D eigenvalue weighted by Crippen LogP contribution is 2.25. The van der Waals surface area contributed by atoms with Crippen LogP contribution in [0.2, 0.25) is 0 Å². The van der Waals surface area contributed by atoms with Crippen LogP contribution in [0.5, 0.6) is 0 Å². The zero-order chi connectivity index (χ0) is 16.9. The van der Waals surface area contributed by atoms with Crippen LogP contribution in [0.15, 0.2) is 21.9 Å². The van der Waals surface area contributed by atoms with Crippen molar-refractivity contribution in [2.45, 2.75) is 56.6 Å². The Morgan fingerprint density at radius 3 is 2.92 bits per heavy atom. The first-order chi connectivity index (χ1) is 11.6. The molecule has 130 valence electrons. The zero-order valence-corrected chi connectivity index (χ0v) is 14.6. The molecular weight excluding hydrogens is 326 g/mol. The molecule has 0 unspecified atom stereocenters. The van der Waals surface area contributed by atoms with Crippen molar-refractivity contribution in [2.75, 3.05) is 11.6 Å². The molecule has 0 bridgehead atoms. The molecule has 7 nitrogen and oxygen atoms in total. The van der Waals surface area contributed by atoms with Gasteiger partial charge >= 0.3 is 0 Å². The van der Waals surface area contributed by atoms with E-state index in [1.165, 1.54) is 35.7 Å². The Hall–Kier alpha value is -1.96. The summed E-state index contributed by atoms with van der Waals surface area (Å²) in [5.41, 5.74) is 0.826. The SMILES string of the molecule is Cc1occc1-c1nnc(SCCC(=O)NC2CCCCC2)n1N. The van der Waals surface area contributed by atoms with Gasteiger partial charge in [0.2, 0.25) is 11.1 Å². The Kier molecular flexibility index (Phi) is 5.44. The van der Waals surface area contributed by atoms with Crippen LogP contribution in [0.25, 0.3) is 11.4 Å². The number of hydrogen-bond acceptors (Lipinski definition) is 6. The van der Waals surface area contributed by atoms with Crippen molar-refractivity contribution in [1.29, 1.82) is 0 Å². The summed E-state index contributed by atoms with van der Waals surface area (Å²) in [7, 11) is 0. The minimum atomic E-state index is 0.100. The van der Waals surface area contributed by atoms with Gasteiger partial charge in [-0.05, 0) is 25.8 Å². The number of rotatable bonds is 6. The fraction of sp³-hybridized carbons (Fsp3) is 0.562. The van der Waals surface area contributed by atoms with Crippen LogP contribution >= 0.6 is 11.8 Å². The van der Waals surface area contributed by atoms with Gasteiger partial charge in [-0.2, -0.15) is 0 Å². The molecule has 0 radical (unpaired) electrons. The molecular formula is C16H23N5O2S. The molecule has 1 amide bonds. The van der Waals surface area contributed by atoms with Gasteiger partial charge in [0.25, 0.3) is 0 Å². The number of amides is 1. The first-order valence-corrected chi connectivity index (χ1v) is 9.31. The number of hydrogen-bond donors (Lipinski definition) is 2. The van der Waals surface area contributed by atoms with E-state index in [1.807, 2.05) is 13.0 Å². The van der Waals surface area contributed by atoms with Crippen molar-refractivity contribution in [3.8, 4) is 11.4 Å². The minimum absolute atomic E-state index is 0.100. The van der Waals surface area contributed by atoms with Crippen LogP contribution in [-0.4, -0.2) is 32.6 Å². The lowest BCUT2D eigenvalue weighted by Gasteiger charge is -2.22. The molecule has 24 heavy (non-hydrogen) atoms. The van der Waals surface area contributed by atoms with Gasteiger partial charge in [0, 0.05) is 18.2 Å². The Morgan fingerprint density at radius 1 is 1.42 bits per heavy atom. The Bertz CT molecular complexity index is 690. The fourth-order valence-corrected chi connectivity index (χ4v) is 3.75. The number of nitrogens with zero attached hydrogens (tertiary/aromatic N) is 3. The molecule has 1 fully saturated rings. The quantitative estimate of drug-likeness (QED) is 0.614. The van der Waals surface area contributed by atoms with Crippen LogP contribution < -0.4 is 11.2 Å². The molecule has 0 atom stereocenters. The Balaban J connectivity index is 1.49. The van der Waals surface area contributed by atoms with Crippen molar-refractivity contribution in [1.82, 2.24) is 20.2 Å². The molecule has 0 aromatic carbocycles. The van der Waals surface area contributed by atoms with Crippen molar-refractivity contribution >= 4 is 17.7 Å². The highest BCUT2D eigenvalue weighted by molar-refractivity contribution is 7.99. The molecule has 1 aliphatic carbocycles. The second kappa shape index (κ2) is 7.74. The van der Waals surface area contributed by atoms with E-state index in [2.05, 4.69) is 15.5 Å². The standard InChI is InChI=1S/C16H23N5O2S/c1-11-13(7-9-23-11)15-19-20-16(21(15)17)24-10-8-14(22)18-12-5-3-2-4-6-12/h7,9,12H,2-6,8,10,17H2,1H3,(H,18,22). The summed E-state index contributed by atoms with van der Waals surface area (Å²) < 4.78 is 6.72. The zero-order valence-electron chi connectivity index (χ0n) is 13.8. The first kappa shape index (κ1) is 16.9. The van der Waals surface area contributed by atoms with Gasteiger partial charge in [-0.15, -0.1) is 10.2 Å². The highest BCUT2D eigenvalue weighted by Gasteiger charge is 2.17. The van der Waals surface area contributed by atoms with E-state index in [0.717, 1.165) is 24.2 Å². The van der Waals surface area contributed by atoms with E-state index in [0.29, 0.717) is 29.2 Å². The maximum atomic E-state index is 12.0. The molecule has 0 saturated heterocycles. The minimum Gasteiger partial charge on any atom is -0.469 e. The van der Waals surface area contributed by atoms with Gasteiger partial charge in [0.1, 0.15) is 5.76 Å². The summed E-state index contributed by atoms with van der Waals surface area (Å²) in [5.74, 6) is 8.09. The van der Waals surface area contributed by atoms with Crippen molar-refractivity contribution in [3.05, 3.63) is 18.1 Å². The van der Waals surface area contributed by atoms with Crippen LogP contribution in [0.1, 0.15) is 44.3 Å². The van der Waals surface area contributed by atoms with E-state index in [9.17, 15) is 4.79 Å². The van der Waals surface area contributed by atoms with Crippen LogP contribution in [-0.2, 0) is 4.79 Å². The molecule has 3 rings (SSSR count). The second-order valence-electron chi connectivity index (χ2n) is 6.07. The van der Waals surface area contributed by atoms with Gasteiger partial charge in [0.15, 0.2) is 5.82 Å². The second-order valence-corrected chi connectivity index (χ2v) is 7.13. The lowest BCUT2D eigenvalue weighted by molar-refractivity contribution is -0.121. The number of nitrogen functional groups attached to an aromatic ring is 1. The fourth-order valence-electron chi connectivity index (χ4n) is 2.96. The Morgan fingerprint density at radius 2 is 2.21 bits per heavy atom. The van der Waals surface area contributed by atoms with Gasteiger partial charge in [-0.1, -0.05) is 31.0 Å². The average Bonchev–Trinajstić information content (AvgIpc) is 3.14. The van der Waals surface area contributed by atoms with Crippen molar-refractivity contribution < 1.29 is 9.21 Å². The van der Waals surface area contributed by atoms with E-state index in [-0.39, 0.29) is 5.91 Å². The van der Waals surface area contributed by atoms with Gasteiger partial charge in [-0.25, -0.2) is 4.68 Å². The summed E-state index contributed by atoms with van der Waals surface area (Å²) in [6.45, 7) is 1.85. The van der Waals surface area contributed by atoms with E-state index >= 15 is 0 Å². The number of nitrogens with one attached hydrogen (secondary N) is 1. The topological polar surface area (TPSA) is 99.0 Å². The smallest absolute Gasteiger partial charge is 0.221 e. The third kappa shape index (κ3) is 3.92. The summed E-state index contributed by atoms with van der Waals surface area (Å²) in [6.07, 6.45) is 7.97. The Labute approximate surface area is 145 Å². The molecule has 3 N–H and O–H groups in total. The summed E-state index contributed by atoms with van der Waals surface area (Å²) >= 11 is 1.43. The predicted molar refractivity (Wildman–Crippen MR) is 93.0 cm³/mol. The van der Waals surface area contributed by atoms with Crippen molar-refractivity contribution in [2.24, 2.45) is 0 Å². The number of nitrogens with two attached hydrogens (primary N) is 1. The average molecular weight is 349 g/mol. The molecule has 1 aliphatic rings. The van der Waals surface area contributed by atoms with E-state index in [1.54, 1.807) is 6.26 Å². The van der Waals surface area contributed by atoms with Gasteiger partial charge in [0.05, 0.1) is 11.8 Å². The molecule has 2 heterocycles. The maximum Gasteiger partial charge on any atom is 0.221 e. The van der Waals surface area contributed by atoms with Crippen LogP contribution in [0.4, 0.5) is 0 Å². The highest BCUT2D eigenvalue weighted by atomic mass is 32.2. The van der Waals surface area contributed by atoms with Crippen molar-refractivity contribution in [3.63, 3.8) is 0 Å². The summed E-state index contributed by atoms with van der Waals surface area (Å²) in [5, 5.41) is 11.9.